The van der Waals surface area contributed by atoms with Crippen molar-refractivity contribution in [3.8, 4) is 5.75 Å². The summed E-state index contributed by atoms with van der Waals surface area (Å²) >= 11 is 0. The van der Waals surface area contributed by atoms with E-state index in [1.54, 1.807) is 0 Å². The first kappa shape index (κ1) is 13.6. The van der Waals surface area contributed by atoms with Gasteiger partial charge in [0.25, 0.3) is 0 Å². The molecule has 0 heterocycles. The number of Topliss-reactive ketones (excluding diaryl/α,β-unsaturated/α-hetero) is 1. The van der Waals surface area contributed by atoms with Gasteiger partial charge in [0.1, 0.15) is 5.75 Å². The van der Waals surface area contributed by atoms with Gasteiger partial charge in [-0.1, -0.05) is 18.7 Å². The van der Waals surface area contributed by atoms with E-state index in [1.807, 2.05) is 32.1 Å². The Balaban J connectivity index is 2.52. The zero-order chi connectivity index (χ0) is 13.8. The van der Waals surface area contributed by atoms with Crippen molar-refractivity contribution >= 4 is 11.4 Å². The van der Waals surface area contributed by atoms with Crippen molar-refractivity contribution in [2.45, 2.75) is 33.1 Å². The molecule has 0 saturated heterocycles. The van der Waals surface area contributed by atoms with Crippen LogP contribution in [0.5, 0.6) is 5.75 Å². The maximum Gasteiger partial charge on any atom is 0.163 e. The lowest BCUT2D eigenvalue weighted by Crippen LogP contribution is -2.12. The van der Waals surface area contributed by atoms with Gasteiger partial charge in [-0.05, 0) is 50.0 Å². The van der Waals surface area contributed by atoms with Gasteiger partial charge in [-0.25, -0.2) is 0 Å². The molecule has 0 unspecified atom stereocenters. The molecule has 1 aliphatic rings. The van der Waals surface area contributed by atoms with E-state index in [9.17, 15) is 4.79 Å². The zero-order valence-electron chi connectivity index (χ0n) is 11.7. The van der Waals surface area contributed by atoms with Gasteiger partial charge < -0.3 is 4.74 Å². The third-order valence-electron chi connectivity index (χ3n) is 3.37. The van der Waals surface area contributed by atoms with Crippen molar-refractivity contribution in [1.82, 2.24) is 0 Å². The Kier molecular flexibility index (Phi) is 4.20. The van der Waals surface area contributed by atoms with Crippen LogP contribution in [-0.4, -0.2) is 12.4 Å². The minimum absolute atomic E-state index is 0.227. The number of carbonyl (C=O) groups excluding carboxylic acids is 1. The molecule has 0 radical (unpaired) electrons. The van der Waals surface area contributed by atoms with E-state index in [0.29, 0.717) is 13.0 Å². The van der Waals surface area contributed by atoms with Gasteiger partial charge in [0.15, 0.2) is 5.78 Å². The summed E-state index contributed by atoms with van der Waals surface area (Å²) in [5.41, 5.74) is 3.87. The number of aryl methyl sites for hydroxylation is 1. The first-order chi connectivity index (χ1) is 9.17. The molecule has 1 aliphatic carbocycles. The molecule has 0 bridgehead atoms. The fraction of sp³-hybridized carbons (Fsp3) is 0.353. The Morgan fingerprint density at radius 2 is 2.21 bits per heavy atom. The molecular weight excluding hydrogens is 236 g/mol. The smallest absolute Gasteiger partial charge is 0.163 e. The molecule has 1 aromatic rings. The molecule has 0 aromatic heterocycles. The molecule has 2 heteroatoms. The Hall–Kier alpha value is -1.83. The van der Waals surface area contributed by atoms with Crippen LogP contribution >= 0.6 is 0 Å². The van der Waals surface area contributed by atoms with Crippen LogP contribution in [0.25, 0.3) is 5.57 Å². The number of ether oxygens (including phenoxy) is 1. The number of benzene rings is 1. The van der Waals surface area contributed by atoms with Gasteiger partial charge in [-0.2, -0.15) is 0 Å². The average Bonchev–Trinajstić information content (AvgIpc) is 2.39. The number of carbonyl (C=O) groups is 1. The largest absolute Gasteiger partial charge is 0.493 e. The van der Waals surface area contributed by atoms with Crippen LogP contribution in [0, 0.1) is 0 Å². The summed E-state index contributed by atoms with van der Waals surface area (Å²) in [5.74, 6) is 0.991. The van der Waals surface area contributed by atoms with Gasteiger partial charge in [-0.3, -0.25) is 4.79 Å². The van der Waals surface area contributed by atoms with Crippen molar-refractivity contribution in [3.05, 3.63) is 47.6 Å². The fourth-order valence-corrected chi connectivity index (χ4v) is 2.48. The number of allylic oxidation sites excluding steroid dienone is 3. The lowest BCUT2D eigenvalue weighted by Gasteiger charge is -2.19. The van der Waals surface area contributed by atoms with E-state index in [4.69, 9.17) is 4.74 Å². The van der Waals surface area contributed by atoms with Gasteiger partial charge in [0.05, 0.1) is 6.61 Å². The lowest BCUT2D eigenvalue weighted by atomic mass is 9.87. The molecule has 0 fully saturated rings. The number of rotatable bonds is 4. The molecule has 0 aliphatic heterocycles. The molecule has 2 rings (SSSR count). The molecule has 2 nitrogen and oxygen atoms in total. The quantitative estimate of drug-likeness (QED) is 0.755. The Labute approximate surface area is 114 Å². The van der Waals surface area contributed by atoms with Crippen LogP contribution in [0.3, 0.4) is 0 Å². The van der Waals surface area contributed by atoms with Crippen molar-refractivity contribution in [3.63, 3.8) is 0 Å². The number of hydrogen-bond acceptors (Lipinski definition) is 2. The molecular formula is C17H20O2. The van der Waals surface area contributed by atoms with E-state index in [2.05, 4.69) is 12.6 Å². The van der Waals surface area contributed by atoms with Crippen LogP contribution in [0.2, 0.25) is 0 Å². The average molecular weight is 256 g/mol. The SMILES string of the molecule is C=C(/C=C\C)c1cc2c(cc1OCC)C(=O)CCC2. The van der Waals surface area contributed by atoms with E-state index < -0.39 is 0 Å². The monoisotopic (exact) mass is 256 g/mol. The van der Waals surface area contributed by atoms with Gasteiger partial charge >= 0.3 is 0 Å². The second kappa shape index (κ2) is 5.87. The summed E-state index contributed by atoms with van der Waals surface area (Å²) in [6, 6.07) is 3.96. The van der Waals surface area contributed by atoms with E-state index >= 15 is 0 Å². The summed E-state index contributed by atoms with van der Waals surface area (Å²) in [4.78, 5) is 12.0. The van der Waals surface area contributed by atoms with Crippen LogP contribution in [0.4, 0.5) is 0 Å². The number of fused-ring (bicyclic) bond motifs is 1. The highest BCUT2D eigenvalue weighted by Gasteiger charge is 2.20. The van der Waals surface area contributed by atoms with Crippen LogP contribution in [-0.2, 0) is 6.42 Å². The fourth-order valence-electron chi connectivity index (χ4n) is 2.48. The second-order valence-corrected chi connectivity index (χ2v) is 4.74. The first-order valence-electron chi connectivity index (χ1n) is 6.82. The Morgan fingerprint density at radius 3 is 2.89 bits per heavy atom. The highest BCUT2D eigenvalue weighted by Crippen LogP contribution is 2.33. The molecule has 19 heavy (non-hydrogen) atoms. The topological polar surface area (TPSA) is 26.3 Å². The van der Waals surface area contributed by atoms with Crippen LogP contribution in [0.15, 0.2) is 30.9 Å². The molecule has 0 amide bonds. The Bertz CT molecular complexity index is 538. The van der Waals surface area contributed by atoms with E-state index in [-0.39, 0.29) is 5.78 Å². The normalized spacial score (nSPS) is 14.5. The summed E-state index contributed by atoms with van der Waals surface area (Å²) in [5, 5.41) is 0. The van der Waals surface area contributed by atoms with Crippen molar-refractivity contribution < 1.29 is 9.53 Å². The lowest BCUT2D eigenvalue weighted by molar-refractivity contribution is 0.0972. The van der Waals surface area contributed by atoms with Gasteiger partial charge in [0, 0.05) is 17.5 Å². The molecule has 0 spiro atoms. The second-order valence-electron chi connectivity index (χ2n) is 4.74. The third-order valence-corrected chi connectivity index (χ3v) is 3.37. The van der Waals surface area contributed by atoms with Gasteiger partial charge in [0.2, 0.25) is 0 Å². The first-order valence-corrected chi connectivity index (χ1v) is 6.82. The highest BCUT2D eigenvalue weighted by molar-refractivity contribution is 5.99. The standard InChI is InChI=1S/C17H20O2/c1-4-7-12(3)14-10-13-8-6-9-16(18)15(13)11-17(14)19-5-2/h4,7,10-11H,3,5-6,8-9H2,1-2H3/b7-4-. The van der Waals surface area contributed by atoms with Crippen molar-refractivity contribution in [1.29, 1.82) is 0 Å². The van der Waals surface area contributed by atoms with Crippen molar-refractivity contribution in [2.24, 2.45) is 0 Å². The summed E-state index contributed by atoms with van der Waals surface area (Å²) in [7, 11) is 0. The van der Waals surface area contributed by atoms with E-state index in [0.717, 1.165) is 40.9 Å². The molecule has 1 aromatic carbocycles. The summed E-state index contributed by atoms with van der Waals surface area (Å²) in [6.45, 7) is 8.57. The van der Waals surface area contributed by atoms with Gasteiger partial charge in [-0.15, -0.1) is 0 Å². The predicted molar refractivity (Wildman–Crippen MR) is 78.7 cm³/mol. The summed E-state index contributed by atoms with van der Waals surface area (Å²) in [6.07, 6.45) is 6.48. The molecule has 0 saturated carbocycles. The minimum Gasteiger partial charge on any atom is -0.493 e. The van der Waals surface area contributed by atoms with Crippen LogP contribution in [0.1, 0.15) is 48.2 Å². The summed E-state index contributed by atoms with van der Waals surface area (Å²) < 4.78 is 5.67. The number of ketones is 1. The maximum absolute atomic E-state index is 12.0. The molecule has 0 N–H and O–H groups in total. The minimum atomic E-state index is 0.227. The third kappa shape index (κ3) is 2.78. The highest BCUT2D eigenvalue weighted by atomic mass is 16.5. The maximum atomic E-state index is 12.0. The molecule has 0 atom stereocenters. The van der Waals surface area contributed by atoms with Crippen molar-refractivity contribution in [2.75, 3.05) is 6.61 Å². The Morgan fingerprint density at radius 1 is 1.42 bits per heavy atom. The van der Waals surface area contributed by atoms with E-state index in [1.165, 1.54) is 0 Å². The molecule has 100 valence electrons. The predicted octanol–water partition coefficient (Wildman–Crippen LogP) is 4.19. The zero-order valence-corrected chi connectivity index (χ0v) is 11.7. The van der Waals surface area contributed by atoms with Crippen LogP contribution < -0.4 is 4.74 Å². The number of hydrogen-bond donors (Lipinski definition) is 0.